The van der Waals surface area contributed by atoms with Crippen molar-refractivity contribution in [3.63, 3.8) is 0 Å². The fraction of sp³-hybridized carbons (Fsp3) is 0.421. The molecule has 12 heteroatoms. The molecule has 2 aliphatic heterocycles. The van der Waals surface area contributed by atoms with Gasteiger partial charge in [0.25, 0.3) is 11.5 Å². The van der Waals surface area contributed by atoms with Crippen LogP contribution in [0.3, 0.4) is 0 Å². The summed E-state index contributed by atoms with van der Waals surface area (Å²) in [5.41, 5.74) is -0.281. The topological polar surface area (TPSA) is 120 Å². The zero-order chi connectivity index (χ0) is 22.0. The lowest BCUT2D eigenvalue weighted by atomic mass is 10.2. The molecule has 1 saturated heterocycles. The number of nitrogens with zero attached hydrogens (tertiary/aromatic N) is 3. The number of amides is 1. The van der Waals surface area contributed by atoms with E-state index in [4.69, 9.17) is 9.47 Å². The Morgan fingerprint density at radius 2 is 2.06 bits per heavy atom. The fourth-order valence-electron chi connectivity index (χ4n) is 3.36. The maximum absolute atomic E-state index is 13.2. The van der Waals surface area contributed by atoms with Gasteiger partial charge in [-0.1, -0.05) is 11.8 Å². The van der Waals surface area contributed by atoms with Crippen molar-refractivity contribution in [2.45, 2.75) is 23.5 Å². The van der Waals surface area contributed by atoms with E-state index in [1.54, 1.807) is 6.92 Å². The summed E-state index contributed by atoms with van der Waals surface area (Å²) < 4.78 is 39.9. The Morgan fingerprint density at radius 3 is 2.81 bits per heavy atom. The van der Waals surface area contributed by atoms with Crippen molar-refractivity contribution in [1.82, 2.24) is 13.9 Å². The van der Waals surface area contributed by atoms with Gasteiger partial charge in [-0.25, -0.2) is 13.4 Å². The van der Waals surface area contributed by atoms with E-state index in [0.717, 1.165) is 5.75 Å². The first-order valence-corrected chi connectivity index (χ1v) is 12.2. The third kappa shape index (κ3) is 4.33. The Labute approximate surface area is 183 Å². The first-order valence-electron chi connectivity index (χ1n) is 9.80. The lowest BCUT2D eigenvalue weighted by Gasteiger charge is -2.27. The molecule has 0 radical (unpaired) electrons. The molecule has 166 valence electrons. The molecule has 0 bridgehead atoms. The second-order valence-electron chi connectivity index (χ2n) is 6.82. The van der Waals surface area contributed by atoms with Gasteiger partial charge in [0.15, 0.2) is 5.16 Å². The molecule has 1 amide bonds. The highest BCUT2D eigenvalue weighted by atomic mass is 32.2. The van der Waals surface area contributed by atoms with Crippen molar-refractivity contribution in [3.8, 4) is 5.75 Å². The predicted molar refractivity (Wildman–Crippen MR) is 114 cm³/mol. The summed E-state index contributed by atoms with van der Waals surface area (Å²) in [6.07, 6.45) is 1.25. The summed E-state index contributed by atoms with van der Waals surface area (Å²) >= 11 is 1.46. The van der Waals surface area contributed by atoms with Crippen molar-refractivity contribution in [2.24, 2.45) is 0 Å². The summed E-state index contributed by atoms with van der Waals surface area (Å²) in [6.45, 7) is 3.64. The first-order chi connectivity index (χ1) is 14.9. The number of carbonyl (C=O) groups is 1. The minimum atomic E-state index is -3.86. The van der Waals surface area contributed by atoms with Crippen molar-refractivity contribution >= 4 is 33.4 Å². The number of sulfonamides is 1. The lowest BCUT2D eigenvalue weighted by molar-refractivity contribution is 0.0729. The molecule has 1 fully saturated rings. The average Bonchev–Trinajstić information content (AvgIpc) is 3.25. The highest BCUT2D eigenvalue weighted by Crippen LogP contribution is 2.30. The normalized spacial score (nSPS) is 16.7. The number of hydrogen-bond acceptors (Lipinski definition) is 8. The van der Waals surface area contributed by atoms with Gasteiger partial charge in [-0.2, -0.15) is 4.31 Å². The quantitative estimate of drug-likeness (QED) is 0.627. The summed E-state index contributed by atoms with van der Waals surface area (Å²) in [5.74, 6) is 0.279. The highest BCUT2D eigenvalue weighted by Gasteiger charge is 2.30. The fourth-order valence-corrected chi connectivity index (χ4v) is 5.84. The van der Waals surface area contributed by atoms with Crippen molar-refractivity contribution in [1.29, 1.82) is 0 Å². The van der Waals surface area contributed by atoms with Crippen LogP contribution in [0.2, 0.25) is 0 Å². The summed E-state index contributed by atoms with van der Waals surface area (Å²) in [4.78, 5) is 29.4. The minimum Gasteiger partial charge on any atom is -0.492 e. The Kier molecular flexibility index (Phi) is 6.32. The van der Waals surface area contributed by atoms with E-state index in [9.17, 15) is 18.0 Å². The molecule has 1 aromatic heterocycles. The molecule has 0 aliphatic carbocycles. The second kappa shape index (κ2) is 8.99. The van der Waals surface area contributed by atoms with Crippen LogP contribution >= 0.6 is 11.8 Å². The maximum Gasteiger partial charge on any atom is 0.267 e. The number of ether oxygens (including phenoxy) is 2. The molecule has 3 heterocycles. The molecule has 1 aromatic carbocycles. The minimum absolute atomic E-state index is 0.0470. The molecule has 4 rings (SSSR count). The van der Waals surface area contributed by atoms with Crippen LogP contribution in [0.15, 0.2) is 39.2 Å². The zero-order valence-electron chi connectivity index (χ0n) is 16.9. The van der Waals surface area contributed by atoms with Crippen LogP contribution in [0.25, 0.3) is 0 Å². The third-order valence-electron chi connectivity index (χ3n) is 4.89. The van der Waals surface area contributed by atoms with Crippen LogP contribution in [0.4, 0.5) is 5.69 Å². The van der Waals surface area contributed by atoms with Crippen LogP contribution in [0.5, 0.6) is 5.75 Å². The SMILES string of the molecule is CCOc1ccc(NC(=O)c2cnc3n(c2=O)CCS3)cc1S(=O)(=O)N1CCOCC1. The van der Waals surface area contributed by atoms with Crippen LogP contribution in [-0.2, 0) is 21.3 Å². The molecule has 1 N–H and O–H groups in total. The second-order valence-corrected chi connectivity index (χ2v) is 9.79. The van der Waals surface area contributed by atoms with E-state index in [-0.39, 0.29) is 41.6 Å². The largest absolute Gasteiger partial charge is 0.492 e. The van der Waals surface area contributed by atoms with Gasteiger partial charge in [0, 0.05) is 37.3 Å². The van der Waals surface area contributed by atoms with Crippen LogP contribution < -0.4 is 15.6 Å². The first kappa shape index (κ1) is 21.8. The van der Waals surface area contributed by atoms with Gasteiger partial charge in [0.2, 0.25) is 10.0 Å². The number of nitrogens with one attached hydrogen (secondary N) is 1. The molecule has 0 spiro atoms. The Balaban J connectivity index is 1.65. The van der Waals surface area contributed by atoms with Crippen molar-refractivity contribution < 1.29 is 22.7 Å². The van der Waals surface area contributed by atoms with E-state index in [2.05, 4.69) is 10.3 Å². The molecule has 0 atom stereocenters. The average molecular weight is 467 g/mol. The zero-order valence-corrected chi connectivity index (χ0v) is 18.5. The maximum atomic E-state index is 13.2. The number of carbonyl (C=O) groups excluding carboxylic acids is 1. The summed E-state index contributed by atoms with van der Waals surface area (Å²) in [5, 5.41) is 3.20. The molecule has 2 aromatic rings. The third-order valence-corrected chi connectivity index (χ3v) is 7.78. The van der Waals surface area contributed by atoms with Gasteiger partial charge in [-0.15, -0.1) is 0 Å². The van der Waals surface area contributed by atoms with Crippen LogP contribution in [0, 0.1) is 0 Å². The highest BCUT2D eigenvalue weighted by molar-refractivity contribution is 7.99. The van der Waals surface area contributed by atoms with Gasteiger partial charge in [0.05, 0.1) is 19.8 Å². The van der Waals surface area contributed by atoms with Crippen molar-refractivity contribution in [3.05, 3.63) is 40.3 Å². The molecule has 2 aliphatic rings. The van der Waals surface area contributed by atoms with Gasteiger partial charge < -0.3 is 14.8 Å². The van der Waals surface area contributed by atoms with Gasteiger partial charge in [-0.05, 0) is 25.1 Å². The molecular weight excluding hydrogens is 444 g/mol. The van der Waals surface area contributed by atoms with Crippen molar-refractivity contribution in [2.75, 3.05) is 44.0 Å². The lowest BCUT2D eigenvalue weighted by Crippen LogP contribution is -2.40. The Bertz CT molecular complexity index is 1160. The molecular formula is C19H22N4O6S2. The molecule has 31 heavy (non-hydrogen) atoms. The Morgan fingerprint density at radius 1 is 1.29 bits per heavy atom. The number of aromatic nitrogens is 2. The van der Waals surface area contributed by atoms with E-state index in [0.29, 0.717) is 24.9 Å². The van der Waals surface area contributed by atoms with Gasteiger partial charge >= 0.3 is 0 Å². The van der Waals surface area contributed by atoms with E-state index in [1.165, 1.54) is 45.0 Å². The standard InChI is InChI=1S/C19H22N4O6S2/c1-2-29-15-4-3-13(11-16(15)31(26,27)22-5-8-28-9-6-22)21-17(24)14-12-20-19-23(18(14)25)7-10-30-19/h3-4,11-12H,2,5-10H2,1H3,(H,21,24). The number of rotatable bonds is 6. The smallest absolute Gasteiger partial charge is 0.267 e. The monoisotopic (exact) mass is 466 g/mol. The molecule has 0 saturated carbocycles. The summed E-state index contributed by atoms with van der Waals surface area (Å²) in [6, 6.07) is 4.38. The number of anilines is 1. The number of morpholine rings is 1. The van der Waals surface area contributed by atoms with Crippen LogP contribution in [0.1, 0.15) is 17.3 Å². The number of benzene rings is 1. The van der Waals surface area contributed by atoms with Gasteiger partial charge in [0.1, 0.15) is 16.2 Å². The predicted octanol–water partition coefficient (Wildman–Crippen LogP) is 1.02. The summed E-state index contributed by atoms with van der Waals surface area (Å²) in [7, 11) is -3.86. The number of hydrogen-bond donors (Lipinski definition) is 1. The van der Waals surface area contributed by atoms with E-state index < -0.39 is 21.5 Å². The Hall–Kier alpha value is -2.41. The number of fused-ring (bicyclic) bond motifs is 1. The van der Waals surface area contributed by atoms with E-state index >= 15 is 0 Å². The molecule has 10 nitrogen and oxygen atoms in total. The number of thioether (sulfide) groups is 1. The van der Waals surface area contributed by atoms with Crippen LogP contribution in [-0.4, -0.2) is 66.8 Å². The molecule has 0 unspecified atom stereocenters. The van der Waals surface area contributed by atoms with E-state index in [1.807, 2.05) is 0 Å². The van der Waals surface area contributed by atoms with Gasteiger partial charge in [-0.3, -0.25) is 14.2 Å².